The molecule has 27 heavy (non-hydrogen) atoms. The van der Waals surface area contributed by atoms with Crippen LogP contribution >= 0.6 is 0 Å². The molecule has 0 fully saturated rings. The maximum atomic E-state index is 12.9. The van der Waals surface area contributed by atoms with Gasteiger partial charge in [-0.15, -0.1) is 0 Å². The molecule has 4 aromatic rings. The zero-order valence-corrected chi connectivity index (χ0v) is 15.5. The van der Waals surface area contributed by atoms with E-state index in [1.54, 1.807) is 24.3 Å². The van der Waals surface area contributed by atoms with Gasteiger partial charge in [-0.2, -0.15) is 0 Å². The predicted molar refractivity (Wildman–Crippen MR) is 110 cm³/mol. The summed E-state index contributed by atoms with van der Waals surface area (Å²) in [6, 6.07) is 15.4. The molecule has 0 aliphatic heterocycles. The van der Waals surface area contributed by atoms with Crippen molar-refractivity contribution in [3.05, 3.63) is 72.1 Å². The fourth-order valence-corrected chi connectivity index (χ4v) is 3.15. The Labute approximate surface area is 157 Å². The van der Waals surface area contributed by atoms with Crippen LogP contribution in [0, 0.1) is 13.8 Å². The number of anilines is 2. The minimum absolute atomic E-state index is 0.222. The molecule has 134 valence electrons. The third-order valence-corrected chi connectivity index (χ3v) is 4.90. The largest absolute Gasteiger partial charge is 0.326 e. The van der Waals surface area contributed by atoms with Crippen molar-refractivity contribution in [2.24, 2.45) is 0 Å². The van der Waals surface area contributed by atoms with Crippen LogP contribution in [0.25, 0.3) is 21.8 Å². The van der Waals surface area contributed by atoms with Crippen molar-refractivity contribution in [3.63, 3.8) is 0 Å². The molecule has 0 atom stereocenters. The van der Waals surface area contributed by atoms with E-state index in [2.05, 4.69) is 22.2 Å². The van der Waals surface area contributed by atoms with Crippen LogP contribution in [-0.2, 0) is 0 Å². The molecule has 1 N–H and O–H groups in total. The zero-order valence-electron chi connectivity index (χ0n) is 15.5. The first-order chi connectivity index (χ1) is 13.0. The van der Waals surface area contributed by atoms with Crippen molar-refractivity contribution in [2.75, 3.05) is 17.3 Å². The third kappa shape index (κ3) is 3.08. The summed E-state index contributed by atoms with van der Waals surface area (Å²) in [5, 5.41) is 4.97. The predicted octanol–water partition coefficient (Wildman–Crippen LogP) is 5.07. The normalized spacial score (nSPS) is 10.9. The van der Waals surface area contributed by atoms with Crippen molar-refractivity contribution >= 4 is 39.2 Å². The first-order valence-corrected chi connectivity index (χ1v) is 8.79. The summed E-state index contributed by atoms with van der Waals surface area (Å²) in [6.07, 6.45) is 3.48. The van der Waals surface area contributed by atoms with Gasteiger partial charge in [0.2, 0.25) is 0 Å². The van der Waals surface area contributed by atoms with Gasteiger partial charge in [0.25, 0.3) is 0 Å². The van der Waals surface area contributed by atoms with Gasteiger partial charge in [-0.1, -0.05) is 18.2 Å². The summed E-state index contributed by atoms with van der Waals surface area (Å²) in [7, 11) is 1.76. The van der Waals surface area contributed by atoms with Gasteiger partial charge in [-0.05, 0) is 55.3 Å². The van der Waals surface area contributed by atoms with Gasteiger partial charge in [0.15, 0.2) is 0 Å². The average molecular weight is 356 g/mol. The molecule has 0 aliphatic rings. The number of aryl methyl sites for hydroxylation is 2. The number of pyridine rings is 2. The Morgan fingerprint density at radius 3 is 2.44 bits per heavy atom. The highest BCUT2D eigenvalue weighted by atomic mass is 16.2. The lowest BCUT2D eigenvalue weighted by molar-refractivity contribution is 0.258. The van der Waals surface area contributed by atoms with Crippen LogP contribution in [0.4, 0.5) is 16.2 Å². The molecule has 2 aromatic heterocycles. The number of amides is 2. The van der Waals surface area contributed by atoms with Gasteiger partial charge in [-0.25, -0.2) is 4.79 Å². The van der Waals surface area contributed by atoms with Crippen LogP contribution in [0.2, 0.25) is 0 Å². The van der Waals surface area contributed by atoms with Crippen molar-refractivity contribution in [1.29, 1.82) is 0 Å². The topological polar surface area (TPSA) is 58.1 Å². The molecule has 0 unspecified atom stereocenters. The van der Waals surface area contributed by atoms with Gasteiger partial charge in [-0.3, -0.25) is 14.9 Å². The number of nitrogens with zero attached hydrogens (tertiary/aromatic N) is 3. The highest BCUT2D eigenvalue weighted by molar-refractivity contribution is 6.14. The van der Waals surface area contributed by atoms with Gasteiger partial charge in [0, 0.05) is 35.9 Å². The molecular weight excluding hydrogens is 336 g/mol. The number of hydrogen-bond donors (Lipinski definition) is 1. The molecule has 2 heterocycles. The molecule has 2 aromatic carbocycles. The van der Waals surface area contributed by atoms with E-state index in [1.807, 2.05) is 55.5 Å². The molecule has 2 amide bonds. The van der Waals surface area contributed by atoms with Gasteiger partial charge in [0.05, 0.1) is 16.7 Å². The zero-order chi connectivity index (χ0) is 19.0. The molecule has 4 rings (SSSR count). The molecule has 0 spiro atoms. The highest BCUT2D eigenvalue weighted by Gasteiger charge is 2.15. The number of aromatic nitrogens is 2. The quantitative estimate of drug-likeness (QED) is 0.510. The van der Waals surface area contributed by atoms with E-state index in [1.165, 1.54) is 5.56 Å². The Balaban J connectivity index is 1.73. The van der Waals surface area contributed by atoms with E-state index < -0.39 is 0 Å². The molecule has 0 saturated carbocycles. The maximum Gasteiger partial charge on any atom is 0.326 e. The number of rotatable bonds is 2. The summed E-state index contributed by atoms with van der Waals surface area (Å²) < 4.78 is 0. The number of carbonyl (C=O) groups is 1. The average Bonchev–Trinajstić information content (AvgIpc) is 2.69. The van der Waals surface area contributed by atoms with Crippen LogP contribution in [0.1, 0.15) is 11.1 Å². The van der Waals surface area contributed by atoms with Crippen LogP contribution < -0.4 is 10.2 Å². The fraction of sp³-hybridized carbons (Fsp3) is 0.136. The summed E-state index contributed by atoms with van der Waals surface area (Å²) >= 11 is 0. The van der Waals surface area contributed by atoms with Crippen LogP contribution in [0.3, 0.4) is 0 Å². The molecule has 5 nitrogen and oxygen atoms in total. The van der Waals surface area contributed by atoms with Gasteiger partial charge in [0.1, 0.15) is 0 Å². The first-order valence-electron chi connectivity index (χ1n) is 8.79. The molecule has 0 saturated heterocycles. The molecule has 0 bridgehead atoms. The lowest BCUT2D eigenvalue weighted by Gasteiger charge is -2.20. The van der Waals surface area contributed by atoms with Crippen molar-refractivity contribution in [2.45, 2.75) is 13.8 Å². The highest BCUT2D eigenvalue weighted by Crippen LogP contribution is 2.29. The Hall–Kier alpha value is -3.47. The molecule has 0 aliphatic carbocycles. The first kappa shape index (κ1) is 17.0. The lowest BCUT2D eigenvalue weighted by atomic mass is 10.1. The van der Waals surface area contributed by atoms with E-state index in [-0.39, 0.29) is 6.03 Å². The fourth-order valence-electron chi connectivity index (χ4n) is 3.15. The molecular formula is C22H20N4O. The Morgan fingerprint density at radius 2 is 1.67 bits per heavy atom. The standard InChI is InChI=1S/C22H20N4O/c1-14-8-9-16(12-15(14)2)26(3)22(27)25-20-13-19-17(6-4-10-23-19)18-7-5-11-24-21(18)20/h4-13H,1-3H3,(H,25,27). The summed E-state index contributed by atoms with van der Waals surface area (Å²) in [5.74, 6) is 0. The summed E-state index contributed by atoms with van der Waals surface area (Å²) in [5.41, 5.74) is 5.41. The minimum atomic E-state index is -0.222. The monoisotopic (exact) mass is 356 g/mol. The van der Waals surface area contributed by atoms with Crippen molar-refractivity contribution in [3.8, 4) is 0 Å². The molecule has 0 radical (unpaired) electrons. The minimum Gasteiger partial charge on any atom is -0.305 e. The second kappa shape index (κ2) is 6.68. The van der Waals surface area contributed by atoms with Crippen LogP contribution in [0.15, 0.2) is 60.9 Å². The van der Waals surface area contributed by atoms with Gasteiger partial charge >= 0.3 is 6.03 Å². The Kier molecular flexibility index (Phi) is 4.20. The second-order valence-corrected chi connectivity index (χ2v) is 6.65. The number of benzene rings is 2. The summed E-state index contributed by atoms with van der Waals surface area (Å²) in [4.78, 5) is 23.4. The van der Waals surface area contributed by atoms with Crippen molar-refractivity contribution < 1.29 is 4.79 Å². The van der Waals surface area contributed by atoms with E-state index in [4.69, 9.17) is 0 Å². The third-order valence-electron chi connectivity index (χ3n) is 4.90. The SMILES string of the molecule is Cc1ccc(N(C)C(=O)Nc2cc3ncccc3c3cccnc23)cc1C. The Morgan fingerprint density at radius 1 is 0.926 bits per heavy atom. The Bertz CT molecular complexity index is 1170. The van der Waals surface area contributed by atoms with E-state index in [0.717, 1.165) is 33.1 Å². The van der Waals surface area contributed by atoms with Crippen LogP contribution in [-0.4, -0.2) is 23.0 Å². The van der Waals surface area contributed by atoms with E-state index in [0.29, 0.717) is 5.69 Å². The second-order valence-electron chi connectivity index (χ2n) is 6.65. The lowest BCUT2D eigenvalue weighted by Crippen LogP contribution is -2.31. The van der Waals surface area contributed by atoms with E-state index >= 15 is 0 Å². The van der Waals surface area contributed by atoms with Crippen molar-refractivity contribution in [1.82, 2.24) is 9.97 Å². The van der Waals surface area contributed by atoms with E-state index in [9.17, 15) is 4.79 Å². The summed E-state index contributed by atoms with van der Waals surface area (Å²) in [6.45, 7) is 4.09. The van der Waals surface area contributed by atoms with Gasteiger partial charge < -0.3 is 5.32 Å². The van der Waals surface area contributed by atoms with Crippen LogP contribution in [0.5, 0.6) is 0 Å². The molecule has 5 heteroatoms. The number of carbonyl (C=O) groups excluding carboxylic acids is 1. The number of hydrogen-bond acceptors (Lipinski definition) is 3. The number of nitrogens with one attached hydrogen (secondary N) is 1. The number of urea groups is 1. The maximum absolute atomic E-state index is 12.9. The number of fused-ring (bicyclic) bond motifs is 3. The smallest absolute Gasteiger partial charge is 0.305 e.